The van der Waals surface area contributed by atoms with Crippen LogP contribution < -0.4 is 10.6 Å². The van der Waals surface area contributed by atoms with Crippen molar-refractivity contribution in [3.05, 3.63) is 38.9 Å². The zero-order valence-electron chi connectivity index (χ0n) is 13.6. The summed E-state index contributed by atoms with van der Waals surface area (Å²) >= 11 is 2.80. The number of nitrogens with zero attached hydrogens (tertiary/aromatic N) is 2. The second kappa shape index (κ2) is 6.23. The lowest BCUT2D eigenvalue weighted by molar-refractivity contribution is -0.134. The third-order valence-electron chi connectivity index (χ3n) is 4.68. The molecule has 132 valence electrons. The van der Waals surface area contributed by atoms with Crippen molar-refractivity contribution in [1.82, 2.24) is 10.2 Å². The fraction of sp³-hybridized carbons (Fsp3) is 0.294. The van der Waals surface area contributed by atoms with Crippen molar-refractivity contribution in [1.29, 1.82) is 5.26 Å². The van der Waals surface area contributed by atoms with E-state index in [0.717, 1.165) is 28.2 Å². The Balaban J connectivity index is 1.54. The average molecular weight is 386 g/mol. The number of hydrogen-bond donors (Lipinski definition) is 2. The van der Waals surface area contributed by atoms with Crippen molar-refractivity contribution in [2.24, 2.45) is 0 Å². The molecule has 1 fully saturated rings. The molecule has 0 bridgehead atoms. The third kappa shape index (κ3) is 2.50. The standard InChI is InChI=1S/C17H14N4O3S2/c18-8-10-3-6-26-14(10)19-13(22)9-21-15(23)17(20-16(21)24)5-1-2-12-11(17)4-7-25-12/h3-4,6-7H,1-2,5,9H2,(H,19,22)(H,20,24)/t17-/m0/s1. The fourth-order valence-electron chi connectivity index (χ4n) is 3.49. The van der Waals surface area contributed by atoms with E-state index in [4.69, 9.17) is 5.26 Å². The molecular formula is C17H14N4O3S2. The number of rotatable bonds is 3. The van der Waals surface area contributed by atoms with E-state index in [9.17, 15) is 14.4 Å². The number of nitrogens with one attached hydrogen (secondary N) is 2. The van der Waals surface area contributed by atoms with E-state index < -0.39 is 17.5 Å². The highest BCUT2D eigenvalue weighted by Gasteiger charge is 2.54. The van der Waals surface area contributed by atoms with Gasteiger partial charge in [-0.15, -0.1) is 22.7 Å². The number of amides is 4. The van der Waals surface area contributed by atoms with Crippen LogP contribution in [-0.2, 0) is 21.5 Å². The molecule has 2 aromatic rings. The minimum absolute atomic E-state index is 0.354. The predicted molar refractivity (Wildman–Crippen MR) is 96.8 cm³/mol. The van der Waals surface area contributed by atoms with E-state index in [1.54, 1.807) is 22.8 Å². The molecule has 3 heterocycles. The lowest BCUT2D eigenvalue weighted by Crippen LogP contribution is -2.46. The van der Waals surface area contributed by atoms with Crippen LogP contribution in [0.4, 0.5) is 9.80 Å². The topological polar surface area (TPSA) is 102 Å². The molecule has 0 unspecified atom stereocenters. The Kier molecular flexibility index (Phi) is 4.01. The number of thiophene rings is 2. The van der Waals surface area contributed by atoms with E-state index in [-0.39, 0.29) is 12.5 Å². The van der Waals surface area contributed by atoms with Crippen LogP contribution in [-0.4, -0.2) is 29.3 Å². The molecule has 1 spiro atoms. The normalized spacial score (nSPS) is 21.4. The zero-order chi connectivity index (χ0) is 18.3. The van der Waals surface area contributed by atoms with Crippen LogP contribution in [0, 0.1) is 11.3 Å². The molecule has 4 amide bonds. The number of anilines is 1. The van der Waals surface area contributed by atoms with Crippen LogP contribution in [0.5, 0.6) is 0 Å². The lowest BCUT2D eigenvalue weighted by Gasteiger charge is -2.31. The van der Waals surface area contributed by atoms with Crippen molar-refractivity contribution < 1.29 is 14.4 Å². The maximum absolute atomic E-state index is 13.0. The van der Waals surface area contributed by atoms with Crippen LogP contribution in [0.1, 0.15) is 28.8 Å². The Morgan fingerprint density at radius 1 is 1.35 bits per heavy atom. The number of aryl methyl sites for hydroxylation is 1. The molecule has 2 N–H and O–H groups in total. The number of hydrogen-bond acceptors (Lipinski definition) is 6. The van der Waals surface area contributed by atoms with Gasteiger partial charge in [0.05, 0.1) is 5.56 Å². The minimum atomic E-state index is -1.05. The van der Waals surface area contributed by atoms with Crippen LogP contribution in [0.2, 0.25) is 0 Å². The van der Waals surface area contributed by atoms with Gasteiger partial charge in [-0.2, -0.15) is 5.26 Å². The summed E-state index contributed by atoms with van der Waals surface area (Å²) in [6.07, 6.45) is 2.23. The summed E-state index contributed by atoms with van der Waals surface area (Å²) < 4.78 is 0. The van der Waals surface area contributed by atoms with Gasteiger partial charge in [-0.25, -0.2) is 4.79 Å². The van der Waals surface area contributed by atoms with E-state index in [1.807, 2.05) is 17.5 Å². The molecule has 2 aliphatic rings. The Morgan fingerprint density at radius 2 is 2.15 bits per heavy atom. The number of nitriles is 1. The van der Waals surface area contributed by atoms with E-state index in [0.29, 0.717) is 17.0 Å². The highest BCUT2D eigenvalue weighted by Crippen LogP contribution is 2.42. The Bertz CT molecular complexity index is 957. The van der Waals surface area contributed by atoms with Gasteiger partial charge in [0.15, 0.2) is 0 Å². The minimum Gasteiger partial charge on any atom is -0.319 e. The van der Waals surface area contributed by atoms with E-state index in [1.165, 1.54) is 11.3 Å². The number of carbonyl (C=O) groups is 3. The predicted octanol–water partition coefficient (Wildman–Crippen LogP) is 2.40. The number of urea groups is 1. The van der Waals surface area contributed by atoms with Crippen LogP contribution >= 0.6 is 22.7 Å². The Hall–Kier alpha value is -2.70. The Labute approximate surface area is 157 Å². The van der Waals surface area contributed by atoms with Gasteiger partial charge in [-0.05, 0) is 42.2 Å². The highest BCUT2D eigenvalue weighted by atomic mass is 32.1. The number of imide groups is 1. The molecule has 0 radical (unpaired) electrons. The summed E-state index contributed by atoms with van der Waals surface area (Å²) in [6, 6.07) is 4.91. The van der Waals surface area contributed by atoms with Crippen molar-refractivity contribution in [2.45, 2.75) is 24.8 Å². The van der Waals surface area contributed by atoms with Crippen molar-refractivity contribution >= 4 is 45.5 Å². The molecule has 1 atom stereocenters. The zero-order valence-corrected chi connectivity index (χ0v) is 15.2. The van der Waals surface area contributed by atoms with Gasteiger partial charge in [-0.1, -0.05) is 0 Å². The van der Waals surface area contributed by atoms with Gasteiger partial charge in [0.2, 0.25) is 5.91 Å². The molecule has 26 heavy (non-hydrogen) atoms. The highest BCUT2D eigenvalue weighted by molar-refractivity contribution is 7.14. The second-order valence-corrected chi connectivity index (χ2v) is 8.08. The Morgan fingerprint density at radius 3 is 2.96 bits per heavy atom. The average Bonchev–Trinajstić information content (AvgIpc) is 3.32. The number of fused-ring (bicyclic) bond motifs is 2. The summed E-state index contributed by atoms with van der Waals surface area (Å²) in [6.45, 7) is -0.380. The van der Waals surface area contributed by atoms with Crippen LogP contribution in [0.25, 0.3) is 0 Å². The molecule has 1 aliphatic carbocycles. The third-order valence-corrected chi connectivity index (χ3v) is 6.49. The summed E-state index contributed by atoms with van der Waals surface area (Å²) in [4.78, 5) is 39.8. The first kappa shape index (κ1) is 16.8. The molecule has 1 saturated heterocycles. The first-order chi connectivity index (χ1) is 12.5. The molecule has 9 heteroatoms. The van der Waals surface area contributed by atoms with Crippen LogP contribution in [0.15, 0.2) is 22.9 Å². The molecule has 0 aromatic carbocycles. The molecular weight excluding hydrogens is 372 g/mol. The SMILES string of the molecule is N#Cc1ccsc1NC(=O)CN1C(=O)N[C@]2(CCCc3sccc32)C1=O. The molecule has 7 nitrogen and oxygen atoms in total. The van der Waals surface area contributed by atoms with Gasteiger partial charge in [0.1, 0.15) is 23.2 Å². The largest absolute Gasteiger partial charge is 0.325 e. The summed E-state index contributed by atoms with van der Waals surface area (Å²) in [5.41, 5.74) is 0.151. The van der Waals surface area contributed by atoms with Crippen molar-refractivity contribution in [2.75, 3.05) is 11.9 Å². The first-order valence-corrected chi connectivity index (χ1v) is 9.79. The maximum atomic E-state index is 13.0. The molecule has 4 rings (SSSR count). The fourth-order valence-corrected chi connectivity index (χ4v) is 5.24. The summed E-state index contributed by atoms with van der Waals surface area (Å²) in [5.74, 6) is -0.894. The molecule has 0 saturated carbocycles. The van der Waals surface area contributed by atoms with Gasteiger partial charge < -0.3 is 10.6 Å². The summed E-state index contributed by atoms with van der Waals surface area (Å²) in [7, 11) is 0. The maximum Gasteiger partial charge on any atom is 0.325 e. The first-order valence-electron chi connectivity index (χ1n) is 8.03. The molecule has 2 aromatic heterocycles. The lowest BCUT2D eigenvalue weighted by atomic mass is 9.80. The van der Waals surface area contributed by atoms with Crippen molar-refractivity contribution in [3.8, 4) is 6.07 Å². The summed E-state index contributed by atoms with van der Waals surface area (Å²) in [5, 5.41) is 18.4. The van der Waals surface area contributed by atoms with Crippen LogP contribution in [0.3, 0.4) is 0 Å². The van der Waals surface area contributed by atoms with E-state index in [2.05, 4.69) is 10.6 Å². The van der Waals surface area contributed by atoms with Gasteiger partial charge in [-0.3, -0.25) is 14.5 Å². The van der Waals surface area contributed by atoms with Crippen molar-refractivity contribution in [3.63, 3.8) is 0 Å². The smallest absolute Gasteiger partial charge is 0.319 e. The van der Waals surface area contributed by atoms with Gasteiger partial charge in [0.25, 0.3) is 5.91 Å². The van der Waals surface area contributed by atoms with E-state index >= 15 is 0 Å². The molecule has 1 aliphatic heterocycles. The quantitative estimate of drug-likeness (QED) is 0.791. The van der Waals surface area contributed by atoms with Gasteiger partial charge >= 0.3 is 6.03 Å². The number of carbonyl (C=O) groups excluding carboxylic acids is 3. The van der Waals surface area contributed by atoms with Gasteiger partial charge in [0, 0.05) is 10.4 Å². The second-order valence-electron chi connectivity index (χ2n) is 6.16. The monoisotopic (exact) mass is 386 g/mol.